The number of carbonyl (C=O) groups is 3. The van der Waals surface area contributed by atoms with Crippen LogP contribution in [0.5, 0.6) is 0 Å². The fourth-order valence-corrected chi connectivity index (χ4v) is 1.91. The second-order valence-electron chi connectivity index (χ2n) is 4.14. The highest BCUT2D eigenvalue weighted by atomic mass is 16.2. The van der Waals surface area contributed by atoms with E-state index in [2.05, 4.69) is 5.10 Å². The van der Waals surface area contributed by atoms with Gasteiger partial charge >= 0.3 is 0 Å². The fourth-order valence-electron chi connectivity index (χ4n) is 1.91. The summed E-state index contributed by atoms with van der Waals surface area (Å²) in [6.07, 6.45) is 1.51. The molecule has 5 nitrogen and oxygen atoms in total. The van der Waals surface area contributed by atoms with Crippen LogP contribution in [0.2, 0.25) is 0 Å². The first kappa shape index (κ1) is 12.2. The number of hydrogen-bond acceptors (Lipinski definition) is 4. The van der Waals surface area contributed by atoms with Crippen molar-refractivity contribution >= 4 is 28.4 Å². The Morgan fingerprint density at radius 3 is 2.06 bits per heavy atom. The highest BCUT2D eigenvalue weighted by Gasteiger charge is 2.16. The Kier molecular flexibility index (Phi) is 2.82. The normalized spacial score (nSPS) is 10.6. The molecule has 0 fully saturated rings. The maximum Gasteiger partial charge on any atom is 0.244 e. The van der Waals surface area contributed by atoms with Gasteiger partial charge in [-0.3, -0.25) is 14.4 Å². The number of aromatic nitrogens is 2. The number of carbonyl (C=O) groups excluding carboxylic acids is 3. The molecule has 1 heterocycles. The van der Waals surface area contributed by atoms with Crippen molar-refractivity contribution in [1.29, 1.82) is 0 Å². The average molecular weight is 244 g/mol. The number of rotatable bonds is 2. The minimum absolute atomic E-state index is 0.183. The second kappa shape index (κ2) is 4.18. The third-order valence-corrected chi connectivity index (χ3v) is 2.76. The van der Waals surface area contributed by atoms with Gasteiger partial charge in [-0.05, 0) is 26.0 Å². The molecule has 0 saturated carbocycles. The number of fused-ring (bicyclic) bond motifs is 1. The zero-order valence-corrected chi connectivity index (χ0v) is 10.4. The van der Waals surface area contributed by atoms with Crippen LogP contribution in [0.15, 0.2) is 18.3 Å². The van der Waals surface area contributed by atoms with Crippen molar-refractivity contribution in [2.45, 2.75) is 20.8 Å². The Hall–Kier alpha value is -2.30. The monoisotopic (exact) mass is 244 g/mol. The van der Waals surface area contributed by atoms with E-state index in [9.17, 15) is 14.4 Å². The van der Waals surface area contributed by atoms with E-state index < -0.39 is 0 Å². The van der Waals surface area contributed by atoms with Gasteiger partial charge in [0.05, 0.1) is 11.7 Å². The summed E-state index contributed by atoms with van der Waals surface area (Å²) in [5.41, 5.74) is 1.22. The first-order chi connectivity index (χ1) is 8.41. The highest BCUT2D eigenvalue weighted by Crippen LogP contribution is 2.21. The summed E-state index contributed by atoms with van der Waals surface area (Å²) in [6, 6.07) is 3.14. The van der Waals surface area contributed by atoms with Crippen molar-refractivity contribution in [2.75, 3.05) is 0 Å². The molecule has 0 N–H and O–H groups in total. The Bertz CT molecular complexity index is 683. The van der Waals surface area contributed by atoms with E-state index in [0.717, 1.165) is 0 Å². The van der Waals surface area contributed by atoms with Crippen molar-refractivity contribution in [3.8, 4) is 0 Å². The molecular formula is C13H12N2O3. The molecule has 5 heteroatoms. The van der Waals surface area contributed by atoms with E-state index in [1.165, 1.54) is 31.6 Å². The van der Waals surface area contributed by atoms with Crippen molar-refractivity contribution in [2.24, 2.45) is 0 Å². The summed E-state index contributed by atoms with van der Waals surface area (Å²) in [4.78, 5) is 34.4. The molecule has 92 valence electrons. The van der Waals surface area contributed by atoms with Gasteiger partial charge in [-0.2, -0.15) is 5.10 Å². The summed E-state index contributed by atoms with van der Waals surface area (Å²) >= 11 is 0. The van der Waals surface area contributed by atoms with E-state index in [0.29, 0.717) is 22.0 Å². The van der Waals surface area contributed by atoms with Crippen LogP contribution in [0.4, 0.5) is 0 Å². The molecule has 0 spiro atoms. The third-order valence-electron chi connectivity index (χ3n) is 2.76. The smallest absolute Gasteiger partial charge is 0.244 e. The summed E-state index contributed by atoms with van der Waals surface area (Å²) < 4.78 is 1.21. The van der Waals surface area contributed by atoms with Crippen molar-refractivity contribution in [1.82, 2.24) is 9.78 Å². The van der Waals surface area contributed by atoms with Crippen molar-refractivity contribution < 1.29 is 14.4 Å². The summed E-state index contributed by atoms with van der Waals surface area (Å²) in [5, 5.41) is 4.61. The van der Waals surface area contributed by atoms with Gasteiger partial charge in [0.2, 0.25) is 5.91 Å². The quantitative estimate of drug-likeness (QED) is 0.758. The lowest BCUT2D eigenvalue weighted by molar-refractivity contribution is 0.0925. The molecule has 18 heavy (non-hydrogen) atoms. The van der Waals surface area contributed by atoms with Crippen LogP contribution >= 0.6 is 0 Å². The molecule has 1 aromatic carbocycles. The van der Waals surface area contributed by atoms with E-state index in [1.807, 2.05) is 0 Å². The van der Waals surface area contributed by atoms with E-state index >= 15 is 0 Å². The van der Waals surface area contributed by atoms with Gasteiger partial charge in [-0.1, -0.05) is 0 Å². The number of benzene rings is 1. The van der Waals surface area contributed by atoms with E-state index in [1.54, 1.807) is 12.1 Å². The molecule has 0 aliphatic heterocycles. The highest BCUT2D eigenvalue weighted by molar-refractivity contribution is 6.10. The van der Waals surface area contributed by atoms with E-state index in [-0.39, 0.29) is 17.5 Å². The van der Waals surface area contributed by atoms with Crippen LogP contribution < -0.4 is 0 Å². The number of hydrogen-bond donors (Lipinski definition) is 0. The number of nitrogens with zero attached hydrogens (tertiary/aromatic N) is 2. The maximum absolute atomic E-state index is 11.6. The van der Waals surface area contributed by atoms with Gasteiger partial charge in [-0.25, -0.2) is 4.68 Å². The molecule has 2 rings (SSSR count). The molecule has 0 aliphatic rings. The number of ketones is 2. The van der Waals surface area contributed by atoms with Gasteiger partial charge in [0, 0.05) is 23.4 Å². The Morgan fingerprint density at radius 2 is 1.56 bits per heavy atom. The van der Waals surface area contributed by atoms with Crippen LogP contribution in [0, 0.1) is 0 Å². The van der Waals surface area contributed by atoms with Gasteiger partial charge in [0.15, 0.2) is 11.6 Å². The first-order valence-corrected chi connectivity index (χ1v) is 5.46. The molecule has 0 aliphatic carbocycles. The fraction of sp³-hybridized carbons (Fsp3) is 0.231. The molecule has 0 amide bonds. The van der Waals surface area contributed by atoms with Crippen LogP contribution in [-0.2, 0) is 0 Å². The van der Waals surface area contributed by atoms with Crippen LogP contribution in [-0.4, -0.2) is 27.3 Å². The Balaban J connectivity index is 2.83. The molecular weight excluding hydrogens is 232 g/mol. The molecule has 0 unspecified atom stereocenters. The standard InChI is InChI=1S/C13H12N2O3/c1-7(16)11-4-10-6-14-15(9(3)18)13(10)5-12(11)8(2)17/h4-6H,1-3H3. The lowest BCUT2D eigenvalue weighted by atomic mass is 9.99. The molecule has 0 atom stereocenters. The van der Waals surface area contributed by atoms with Crippen LogP contribution in [0.1, 0.15) is 46.3 Å². The summed E-state index contributed by atoms with van der Waals surface area (Å²) in [6.45, 7) is 4.18. The molecule has 0 saturated heterocycles. The topological polar surface area (TPSA) is 69.0 Å². The van der Waals surface area contributed by atoms with E-state index in [4.69, 9.17) is 0 Å². The van der Waals surface area contributed by atoms with Gasteiger partial charge in [0.1, 0.15) is 0 Å². The lowest BCUT2D eigenvalue weighted by Crippen LogP contribution is -2.09. The first-order valence-electron chi connectivity index (χ1n) is 5.46. The van der Waals surface area contributed by atoms with Crippen molar-refractivity contribution in [3.63, 3.8) is 0 Å². The molecule has 0 radical (unpaired) electrons. The zero-order valence-electron chi connectivity index (χ0n) is 10.4. The summed E-state index contributed by atoms with van der Waals surface area (Å²) in [5.74, 6) is -0.633. The Labute approximate surface area is 103 Å². The lowest BCUT2D eigenvalue weighted by Gasteiger charge is -2.05. The minimum atomic E-state index is -0.241. The second-order valence-corrected chi connectivity index (χ2v) is 4.14. The SMILES string of the molecule is CC(=O)c1cc2cnn(C(C)=O)c2cc1C(C)=O. The minimum Gasteiger partial charge on any atom is -0.294 e. The van der Waals surface area contributed by atoms with Gasteiger partial charge < -0.3 is 0 Å². The predicted octanol–water partition coefficient (Wildman–Crippen LogP) is 2.10. The average Bonchev–Trinajstić information content (AvgIpc) is 2.69. The predicted molar refractivity (Wildman–Crippen MR) is 66.0 cm³/mol. The Morgan fingerprint density at radius 1 is 1.00 bits per heavy atom. The zero-order chi connectivity index (χ0) is 13.4. The summed E-state index contributed by atoms with van der Waals surface area (Å²) in [7, 11) is 0. The van der Waals surface area contributed by atoms with Gasteiger partial charge in [0.25, 0.3) is 0 Å². The largest absolute Gasteiger partial charge is 0.294 e. The maximum atomic E-state index is 11.6. The molecule has 1 aromatic heterocycles. The number of Topliss-reactive ketones (excluding diaryl/α,β-unsaturated/α-hetero) is 2. The molecule has 2 aromatic rings. The van der Waals surface area contributed by atoms with Gasteiger partial charge in [-0.15, -0.1) is 0 Å². The van der Waals surface area contributed by atoms with Crippen molar-refractivity contribution in [3.05, 3.63) is 29.5 Å². The third kappa shape index (κ3) is 1.84. The van der Waals surface area contributed by atoms with Crippen LogP contribution in [0.3, 0.4) is 0 Å². The molecule has 0 bridgehead atoms. The van der Waals surface area contributed by atoms with Crippen LogP contribution in [0.25, 0.3) is 10.9 Å².